The van der Waals surface area contributed by atoms with E-state index in [0.717, 1.165) is 34.8 Å². The van der Waals surface area contributed by atoms with Gasteiger partial charge in [-0.05, 0) is 38.3 Å². The highest BCUT2D eigenvalue weighted by Gasteiger charge is 2.33. The number of halogens is 1. The van der Waals surface area contributed by atoms with Crippen molar-refractivity contribution >= 4 is 13.9 Å². The molecule has 0 aliphatic heterocycles. The summed E-state index contributed by atoms with van der Waals surface area (Å²) in [6, 6.07) is 11.0. The maximum atomic E-state index is 14.1. The summed E-state index contributed by atoms with van der Waals surface area (Å²) in [7, 11) is 0.296. The minimum atomic E-state index is -0.219. The topological polar surface area (TPSA) is 20.2 Å². The number of aromatic hydroxyl groups is 1. The van der Waals surface area contributed by atoms with Crippen molar-refractivity contribution in [1.82, 2.24) is 0 Å². The van der Waals surface area contributed by atoms with Crippen molar-refractivity contribution in [3.05, 3.63) is 58.9 Å². The largest absolute Gasteiger partial charge is 0.507 e. The first kappa shape index (κ1) is 17.0. The minimum absolute atomic E-state index is 0.157. The van der Waals surface area contributed by atoms with Crippen LogP contribution in [0.1, 0.15) is 43.4 Å². The average molecular weight is 318 g/mol. The van der Waals surface area contributed by atoms with Crippen LogP contribution < -0.4 is 5.30 Å². The molecule has 0 heterocycles. The van der Waals surface area contributed by atoms with Crippen LogP contribution in [0.15, 0.2) is 36.4 Å². The summed E-state index contributed by atoms with van der Waals surface area (Å²) < 4.78 is 14.1. The van der Waals surface area contributed by atoms with E-state index in [9.17, 15) is 9.50 Å². The monoisotopic (exact) mass is 318 g/mol. The molecule has 3 heteroatoms. The van der Waals surface area contributed by atoms with Crippen molar-refractivity contribution in [3.63, 3.8) is 0 Å². The highest BCUT2D eigenvalue weighted by Crippen LogP contribution is 2.50. The van der Waals surface area contributed by atoms with E-state index in [4.69, 9.17) is 0 Å². The molecule has 0 saturated carbocycles. The maximum absolute atomic E-state index is 14.1. The van der Waals surface area contributed by atoms with Gasteiger partial charge in [0.1, 0.15) is 11.6 Å². The third-order valence-corrected chi connectivity index (χ3v) is 6.55. The van der Waals surface area contributed by atoms with Crippen LogP contribution in [0.25, 0.3) is 0 Å². The van der Waals surface area contributed by atoms with E-state index in [1.807, 2.05) is 32.0 Å². The molecule has 0 aliphatic carbocycles. The molecule has 2 aromatic carbocycles. The molecule has 0 aliphatic rings. The SMILES string of the molecule is CCC(CC)(Pc1ccccc1F)c1cc(C)cc(C)c1O. The lowest BCUT2D eigenvalue weighted by Gasteiger charge is -2.34. The van der Waals surface area contributed by atoms with Gasteiger partial charge in [-0.25, -0.2) is 4.39 Å². The predicted octanol–water partition coefficient (Wildman–Crippen LogP) is 5.17. The number of rotatable bonds is 5. The van der Waals surface area contributed by atoms with Gasteiger partial charge in [-0.3, -0.25) is 0 Å². The lowest BCUT2D eigenvalue weighted by atomic mass is 9.89. The van der Waals surface area contributed by atoms with Gasteiger partial charge in [0.15, 0.2) is 0 Å². The van der Waals surface area contributed by atoms with Gasteiger partial charge in [-0.2, -0.15) is 0 Å². The van der Waals surface area contributed by atoms with Gasteiger partial charge in [0.2, 0.25) is 0 Å². The van der Waals surface area contributed by atoms with E-state index in [2.05, 4.69) is 19.9 Å². The van der Waals surface area contributed by atoms with Crippen LogP contribution in [0.3, 0.4) is 0 Å². The average Bonchev–Trinajstić information content (AvgIpc) is 2.51. The molecule has 0 spiro atoms. The van der Waals surface area contributed by atoms with Crippen molar-refractivity contribution in [3.8, 4) is 5.75 Å². The summed E-state index contributed by atoms with van der Waals surface area (Å²) in [6.07, 6.45) is 1.74. The van der Waals surface area contributed by atoms with Crippen LogP contribution in [0.4, 0.5) is 4.39 Å². The Kier molecular flexibility index (Phi) is 5.24. The molecule has 0 bridgehead atoms. The summed E-state index contributed by atoms with van der Waals surface area (Å²) in [4.78, 5) is 0. The van der Waals surface area contributed by atoms with Crippen molar-refractivity contribution in [2.45, 2.75) is 45.7 Å². The van der Waals surface area contributed by atoms with Gasteiger partial charge in [0.05, 0.1) is 0 Å². The molecule has 0 amide bonds. The highest BCUT2D eigenvalue weighted by atomic mass is 31.1. The van der Waals surface area contributed by atoms with Gasteiger partial charge in [0.25, 0.3) is 0 Å². The third kappa shape index (κ3) is 3.17. The van der Waals surface area contributed by atoms with Gasteiger partial charge in [0, 0.05) is 16.0 Å². The summed E-state index contributed by atoms with van der Waals surface area (Å²) >= 11 is 0. The van der Waals surface area contributed by atoms with Crippen LogP contribution in [0.5, 0.6) is 5.75 Å². The fourth-order valence-corrected chi connectivity index (χ4v) is 4.60. The third-order valence-electron chi connectivity index (χ3n) is 4.42. The quantitative estimate of drug-likeness (QED) is 0.754. The van der Waals surface area contributed by atoms with Crippen molar-refractivity contribution in [1.29, 1.82) is 0 Å². The maximum Gasteiger partial charge on any atom is 0.130 e. The Bertz CT molecular complexity index is 662. The Labute approximate surface area is 134 Å². The van der Waals surface area contributed by atoms with Crippen LogP contribution in [0.2, 0.25) is 0 Å². The van der Waals surface area contributed by atoms with E-state index in [0.29, 0.717) is 14.3 Å². The molecule has 1 N–H and O–H groups in total. The van der Waals surface area contributed by atoms with Gasteiger partial charge in [-0.1, -0.05) is 58.3 Å². The first-order valence-electron chi connectivity index (χ1n) is 7.77. The summed E-state index contributed by atoms with van der Waals surface area (Å²) in [5.41, 5.74) is 2.98. The molecule has 1 unspecified atom stereocenters. The fourth-order valence-electron chi connectivity index (χ4n) is 3.02. The van der Waals surface area contributed by atoms with Gasteiger partial charge in [-0.15, -0.1) is 0 Å². The molecule has 0 radical (unpaired) electrons. The Morgan fingerprint density at radius 1 is 1.09 bits per heavy atom. The second-order valence-corrected chi connectivity index (χ2v) is 7.62. The van der Waals surface area contributed by atoms with E-state index in [-0.39, 0.29) is 11.0 Å². The molecular formula is C19H24FOP. The van der Waals surface area contributed by atoms with E-state index in [1.165, 1.54) is 6.07 Å². The number of hydrogen-bond acceptors (Lipinski definition) is 1. The normalized spacial score (nSPS) is 12.2. The first-order chi connectivity index (χ1) is 10.4. The molecule has 0 aromatic heterocycles. The molecule has 22 heavy (non-hydrogen) atoms. The number of phenols is 1. The lowest BCUT2D eigenvalue weighted by molar-refractivity contribution is 0.444. The highest BCUT2D eigenvalue weighted by molar-refractivity contribution is 7.48. The van der Waals surface area contributed by atoms with Crippen LogP contribution in [-0.4, -0.2) is 5.11 Å². The number of hydrogen-bond donors (Lipinski definition) is 1. The van der Waals surface area contributed by atoms with Crippen molar-refractivity contribution in [2.75, 3.05) is 0 Å². The van der Waals surface area contributed by atoms with E-state index < -0.39 is 0 Å². The molecule has 2 aromatic rings. The molecule has 118 valence electrons. The Hall–Kier alpha value is -1.40. The summed E-state index contributed by atoms with van der Waals surface area (Å²) in [5, 5.41) is 11.1. The Morgan fingerprint density at radius 3 is 2.32 bits per heavy atom. The zero-order valence-electron chi connectivity index (χ0n) is 13.7. The van der Waals surface area contributed by atoms with Crippen molar-refractivity contribution < 1.29 is 9.50 Å². The second-order valence-electron chi connectivity index (χ2n) is 5.87. The number of aryl methyl sites for hydroxylation is 2. The molecule has 1 nitrogen and oxygen atoms in total. The standard InChI is InChI=1S/C19H24FOP/c1-5-19(6-2,22-17-10-8-7-9-16(17)20)15-12-13(3)11-14(4)18(15)21/h7-12,21-22H,5-6H2,1-4H3. The number of benzene rings is 2. The first-order valence-corrected chi connectivity index (χ1v) is 8.77. The molecule has 1 atom stereocenters. The molecule has 0 saturated heterocycles. The van der Waals surface area contributed by atoms with Crippen LogP contribution >= 0.6 is 8.58 Å². The Balaban J connectivity index is 2.56. The number of phenolic OH excluding ortho intramolecular Hbond substituents is 1. The molecular weight excluding hydrogens is 294 g/mol. The Morgan fingerprint density at radius 2 is 1.73 bits per heavy atom. The van der Waals surface area contributed by atoms with Gasteiger partial charge >= 0.3 is 0 Å². The summed E-state index contributed by atoms with van der Waals surface area (Å²) in [5.74, 6) is 0.203. The van der Waals surface area contributed by atoms with E-state index in [1.54, 1.807) is 6.07 Å². The second kappa shape index (κ2) is 6.79. The zero-order chi connectivity index (χ0) is 16.3. The van der Waals surface area contributed by atoms with Crippen LogP contribution in [-0.2, 0) is 5.16 Å². The van der Waals surface area contributed by atoms with Crippen LogP contribution in [0, 0.1) is 19.7 Å². The molecule has 0 fully saturated rings. The smallest absolute Gasteiger partial charge is 0.130 e. The fraction of sp³-hybridized carbons (Fsp3) is 0.368. The minimum Gasteiger partial charge on any atom is -0.507 e. The molecule has 2 rings (SSSR count). The lowest BCUT2D eigenvalue weighted by Crippen LogP contribution is -2.23. The van der Waals surface area contributed by atoms with Gasteiger partial charge < -0.3 is 5.11 Å². The summed E-state index contributed by atoms with van der Waals surface area (Å²) in [6.45, 7) is 8.20. The van der Waals surface area contributed by atoms with Crippen molar-refractivity contribution in [2.24, 2.45) is 0 Å². The van der Waals surface area contributed by atoms with E-state index >= 15 is 0 Å². The predicted molar refractivity (Wildman–Crippen MR) is 94.2 cm³/mol. The zero-order valence-corrected chi connectivity index (χ0v) is 14.7.